The van der Waals surface area contributed by atoms with Crippen molar-refractivity contribution in [2.45, 2.75) is 17.9 Å². The summed E-state index contributed by atoms with van der Waals surface area (Å²) in [4.78, 5) is 23.0. The predicted molar refractivity (Wildman–Crippen MR) is 128 cm³/mol. The minimum Gasteiger partial charge on any atom is -0.334 e. The third-order valence-electron chi connectivity index (χ3n) is 6.04. The van der Waals surface area contributed by atoms with Gasteiger partial charge in [-0.15, -0.1) is 11.3 Å². The van der Waals surface area contributed by atoms with Crippen molar-refractivity contribution < 1.29 is 13.2 Å². The third-order valence-corrected chi connectivity index (χ3v) is 9.50. The highest BCUT2D eigenvalue weighted by molar-refractivity contribution is 9.10. The zero-order valence-electron chi connectivity index (χ0n) is 17.6. The van der Waals surface area contributed by atoms with Gasteiger partial charge in [-0.05, 0) is 42.1 Å². The number of hydrogen-bond donors (Lipinski definition) is 0. The van der Waals surface area contributed by atoms with Gasteiger partial charge in [0.2, 0.25) is 10.0 Å². The van der Waals surface area contributed by atoms with Crippen molar-refractivity contribution >= 4 is 54.0 Å². The van der Waals surface area contributed by atoms with Crippen LogP contribution in [0.2, 0.25) is 0 Å². The van der Waals surface area contributed by atoms with Gasteiger partial charge in [0.25, 0.3) is 5.91 Å². The van der Waals surface area contributed by atoms with Crippen LogP contribution in [-0.4, -0.2) is 73.2 Å². The molecule has 0 atom stereocenters. The molecular formula is C22H23BrN4O3S2. The van der Waals surface area contributed by atoms with Crippen LogP contribution in [0.15, 0.2) is 45.8 Å². The quantitative estimate of drug-likeness (QED) is 0.515. The van der Waals surface area contributed by atoms with E-state index in [0.29, 0.717) is 18.1 Å². The lowest BCUT2D eigenvalue weighted by Crippen LogP contribution is -2.50. The van der Waals surface area contributed by atoms with Gasteiger partial charge in [0.1, 0.15) is 0 Å². The highest BCUT2D eigenvalue weighted by atomic mass is 79.9. The summed E-state index contributed by atoms with van der Waals surface area (Å²) >= 11 is 4.91. The molecule has 0 spiro atoms. The number of rotatable bonds is 3. The SMILES string of the molecule is CN1CCc2nc(C(=O)N3CCN(S(=O)(=O)c4ccc5cc(Br)ccc5c4)CC3)sc2C1. The summed E-state index contributed by atoms with van der Waals surface area (Å²) in [6.07, 6.45) is 0.865. The van der Waals surface area contributed by atoms with Gasteiger partial charge < -0.3 is 9.80 Å². The largest absolute Gasteiger partial charge is 0.334 e. The number of benzene rings is 2. The summed E-state index contributed by atoms with van der Waals surface area (Å²) in [6, 6.07) is 11.0. The Hall–Kier alpha value is -1.85. The topological polar surface area (TPSA) is 73.8 Å². The Kier molecular flexibility index (Phi) is 5.83. The Labute approximate surface area is 199 Å². The monoisotopic (exact) mass is 534 g/mol. The van der Waals surface area contributed by atoms with E-state index in [1.54, 1.807) is 17.0 Å². The Morgan fingerprint density at radius 3 is 2.53 bits per heavy atom. The number of carbonyl (C=O) groups is 1. The van der Waals surface area contributed by atoms with Gasteiger partial charge >= 0.3 is 0 Å². The molecule has 3 heterocycles. The fourth-order valence-electron chi connectivity index (χ4n) is 4.19. The third kappa shape index (κ3) is 4.10. The second kappa shape index (κ2) is 8.49. The minimum atomic E-state index is -3.62. The number of aromatic nitrogens is 1. The number of hydrogen-bond acceptors (Lipinski definition) is 6. The standard InChI is InChI=1S/C22H23BrN4O3S2/c1-25-7-6-19-20(14-25)31-21(24-19)22(28)26-8-10-27(11-9-26)32(29,30)18-5-3-15-12-17(23)4-2-16(15)13-18/h2-5,12-13H,6-11,14H2,1H3. The highest BCUT2D eigenvalue weighted by Gasteiger charge is 2.32. The minimum absolute atomic E-state index is 0.0969. The molecule has 2 aliphatic rings. The van der Waals surface area contributed by atoms with Gasteiger partial charge in [0.15, 0.2) is 5.01 Å². The van der Waals surface area contributed by atoms with E-state index in [2.05, 4.69) is 32.9 Å². The van der Waals surface area contributed by atoms with E-state index in [9.17, 15) is 13.2 Å². The first kappa shape index (κ1) is 22.0. The summed E-state index contributed by atoms with van der Waals surface area (Å²) in [7, 11) is -1.55. The van der Waals surface area contributed by atoms with Crippen LogP contribution in [0.3, 0.4) is 0 Å². The molecule has 0 aliphatic carbocycles. The van der Waals surface area contributed by atoms with E-state index in [-0.39, 0.29) is 23.9 Å². The molecular weight excluding hydrogens is 512 g/mol. The lowest BCUT2D eigenvalue weighted by molar-refractivity contribution is 0.0697. The van der Waals surface area contributed by atoms with Crippen LogP contribution >= 0.6 is 27.3 Å². The second-order valence-corrected chi connectivity index (χ2v) is 12.2. The number of fused-ring (bicyclic) bond motifs is 2. The van der Waals surface area contributed by atoms with Gasteiger partial charge in [-0.3, -0.25) is 4.79 Å². The summed E-state index contributed by atoms with van der Waals surface area (Å²) in [5.74, 6) is -0.0969. The van der Waals surface area contributed by atoms with Crippen LogP contribution in [0.4, 0.5) is 0 Å². The number of halogens is 1. The van der Waals surface area contributed by atoms with Crippen LogP contribution in [0.5, 0.6) is 0 Å². The maximum atomic E-state index is 13.2. The lowest BCUT2D eigenvalue weighted by atomic mass is 10.1. The first-order valence-corrected chi connectivity index (χ1v) is 13.5. The number of nitrogens with zero attached hydrogens (tertiary/aromatic N) is 4. The molecule has 1 saturated heterocycles. The molecule has 1 amide bonds. The van der Waals surface area contributed by atoms with Crippen LogP contribution in [0.1, 0.15) is 20.4 Å². The molecule has 2 aromatic carbocycles. The summed E-state index contributed by atoms with van der Waals surface area (Å²) in [5.41, 5.74) is 1.03. The van der Waals surface area contributed by atoms with Crippen molar-refractivity contribution in [3.8, 4) is 0 Å². The molecule has 3 aromatic rings. The van der Waals surface area contributed by atoms with Crippen molar-refractivity contribution in [3.05, 3.63) is 56.4 Å². The number of likely N-dealkylation sites (N-methyl/N-ethyl adjacent to an activating group) is 1. The molecule has 0 bridgehead atoms. The number of amides is 1. The second-order valence-electron chi connectivity index (χ2n) is 8.23. The van der Waals surface area contributed by atoms with E-state index in [1.807, 2.05) is 24.3 Å². The van der Waals surface area contributed by atoms with Crippen molar-refractivity contribution in [2.75, 3.05) is 39.8 Å². The summed E-state index contributed by atoms with van der Waals surface area (Å²) < 4.78 is 28.8. The molecule has 0 radical (unpaired) electrons. The normalized spacial score (nSPS) is 18.1. The van der Waals surface area contributed by atoms with E-state index in [1.165, 1.54) is 15.6 Å². The average molecular weight is 535 g/mol. The Morgan fingerprint density at radius 2 is 1.75 bits per heavy atom. The van der Waals surface area contributed by atoms with Crippen LogP contribution < -0.4 is 0 Å². The van der Waals surface area contributed by atoms with Crippen molar-refractivity contribution in [3.63, 3.8) is 0 Å². The molecule has 2 aliphatic heterocycles. The number of carbonyl (C=O) groups excluding carboxylic acids is 1. The molecule has 10 heteroatoms. The fraction of sp³-hybridized carbons (Fsp3) is 0.364. The van der Waals surface area contributed by atoms with Gasteiger partial charge in [0.05, 0.1) is 10.6 Å². The first-order valence-electron chi connectivity index (χ1n) is 10.5. The summed E-state index contributed by atoms with van der Waals surface area (Å²) in [6.45, 7) is 3.06. The fourth-order valence-corrected chi connectivity index (χ4v) is 7.18. The van der Waals surface area contributed by atoms with Crippen LogP contribution in [0, 0.1) is 0 Å². The van der Waals surface area contributed by atoms with E-state index in [0.717, 1.165) is 45.3 Å². The summed E-state index contributed by atoms with van der Waals surface area (Å²) in [5, 5.41) is 2.37. The van der Waals surface area contributed by atoms with Crippen LogP contribution in [-0.2, 0) is 23.0 Å². The predicted octanol–water partition coefficient (Wildman–Crippen LogP) is 3.19. The first-order chi connectivity index (χ1) is 15.3. The van der Waals surface area contributed by atoms with E-state index in [4.69, 9.17) is 0 Å². The number of sulfonamides is 1. The Morgan fingerprint density at radius 1 is 1.03 bits per heavy atom. The van der Waals surface area contributed by atoms with Crippen molar-refractivity contribution in [1.82, 2.24) is 19.1 Å². The molecule has 0 unspecified atom stereocenters. The van der Waals surface area contributed by atoms with Gasteiger partial charge in [-0.2, -0.15) is 4.31 Å². The zero-order chi connectivity index (χ0) is 22.5. The molecule has 1 fully saturated rings. The van der Waals surface area contributed by atoms with Crippen LogP contribution in [0.25, 0.3) is 10.8 Å². The maximum Gasteiger partial charge on any atom is 0.282 e. The Bertz CT molecular complexity index is 1300. The van der Waals surface area contributed by atoms with Gasteiger partial charge in [0, 0.05) is 55.0 Å². The molecule has 1 aromatic heterocycles. The van der Waals surface area contributed by atoms with Crippen molar-refractivity contribution in [2.24, 2.45) is 0 Å². The Balaban J connectivity index is 1.29. The van der Waals surface area contributed by atoms with E-state index < -0.39 is 10.0 Å². The van der Waals surface area contributed by atoms with Gasteiger partial charge in [-0.1, -0.05) is 28.1 Å². The highest BCUT2D eigenvalue weighted by Crippen LogP contribution is 2.27. The molecule has 7 nitrogen and oxygen atoms in total. The average Bonchev–Trinajstić information content (AvgIpc) is 3.21. The number of thiazole rings is 1. The lowest BCUT2D eigenvalue weighted by Gasteiger charge is -2.33. The molecule has 0 N–H and O–H groups in total. The van der Waals surface area contributed by atoms with E-state index >= 15 is 0 Å². The maximum absolute atomic E-state index is 13.2. The van der Waals surface area contributed by atoms with Crippen molar-refractivity contribution in [1.29, 1.82) is 0 Å². The molecule has 5 rings (SSSR count). The van der Waals surface area contributed by atoms with Gasteiger partial charge in [-0.25, -0.2) is 13.4 Å². The zero-order valence-corrected chi connectivity index (χ0v) is 20.8. The number of piperazine rings is 1. The smallest absolute Gasteiger partial charge is 0.282 e. The molecule has 168 valence electrons. The molecule has 0 saturated carbocycles. The molecule has 32 heavy (non-hydrogen) atoms.